The Morgan fingerprint density at radius 3 is 2.72 bits per heavy atom. The van der Waals surface area contributed by atoms with E-state index < -0.39 is 5.97 Å². The number of hydrazone groups is 1. The molecule has 0 aliphatic heterocycles. The number of hydrogen-bond acceptors (Lipinski definition) is 5. The van der Waals surface area contributed by atoms with Crippen molar-refractivity contribution in [2.45, 2.75) is 19.8 Å². The lowest BCUT2D eigenvalue weighted by atomic mass is 10.2. The van der Waals surface area contributed by atoms with Crippen LogP contribution in [0.3, 0.4) is 0 Å². The van der Waals surface area contributed by atoms with E-state index in [9.17, 15) is 9.59 Å². The molecule has 0 aliphatic carbocycles. The lowest BCUT2D eigenvalue weighted by Gasteiger charge is -2.05. The number of carbonyl (C=O) groups excluding carboxylic acids is 2. The monoisotopic (exact) mass is 248 g/mol. The quantitative estimate of drug-likeness (QED) is 0.347. The maximum atomic E-state index is 11.6. The minimum Gasteiger partial charge on any atom is -0.461 e. The fraction of sp³-hybridized carbons (Fsp3) is 0.308. The smallest absolute Gasteiger partial charge is 0.354 e. The third kappa shape index (κ3) is 4.78. The van der Waals surface area contributed by atoms with Gasteiger partial charge in [-0.25, -0.2) is 4.79 Å². The number of rotatable bonds is 7. The molecule has 0 aliphatic rings. The summed E-state index contributed by atoms with van der Waals surface area (Å²) in [5.41, 5.74) is 3.75. The van der Waals surface area contributed by atoms with E-state index in [1.54, 1.807) is 6.92 Å². The van der Waals surface area contributed by atoms with Gasteiger partial charge in [0.1, 0.15) is 12.0 Å². The Balaban J connectivity index is 2.69. The van der Waals surface area contributed by atoms with Crippen LogP contribution in [0.5, 0.6) is 0 Å². The average molecular weight is 248 g/mol. The van der Waals surface area contributed by atoms with Gasteiger partial charge in [0.15, 0.2) is 0 Å². The fourth-order valence-electron chi connectivity index (χ4n) is 1.26. The van der Waals surface area contributed by atoms with Crippen molar-refractivity contribution < 1.29 is 14.3 Å². The van der Waals surface area contributed by atoms with Crippen LogP contribution in [0.2, 0.25) is 0 Å². The molecule has 5 heteroatoms. The number of esters is 1. The van der Waals surface area contributed by atoms with Crippen LogP contribution in [0.4, 0.5) is 5.69 Å². The molecule has 1 N–H and O–H groups in total. The lowest BCUT2D eigenvalue weighted by Crippen LogP contribution is -2.19. The highest BCUT2D eigenvalue weighted by Crippen LogP contribution is 2.05. The van der Waals surface area contributed by atoms with Crippen LogP contribution >= 0.6 is 0 Å². The Labute approximate surface area is 106 Å². The molecule has 0 saturated carbocycles. The number of anilines is 1. The summed E-state index contributed by atoms with van der Waals surface area (Å²) in [6.45, 7) is 2.00. The molecule has 0 unspecified atom stereocenters. The first-order valence-electron chi connectivity index (χ1n) is 5.76. The second-order valence-corrected chi connectivity index (χ2v) is 3.46. The molecular weight excluding hydrogens is 232 g/mol. The zero-order valence-corrected chi connectivity index (χ0v) is 10.3. The second-order valence-electron chi connectivity index (χ2n) is 3.46. The molecule has 0 amide bonds. The summed E-state index contributed by atoms with van der Waals surface area (Å²) in [6.07, 6.45) is 1.26. The standard InChI is InChI=1S/C13H16N2O3/c1-2-18-13(17)12(9-6-10-16)15-14-11-7-4-3-5-8-11/h3-5,7-8,10,14H,2,6,9H2,1H3. The van der Waals surface area contributed by atoms with Crippen molar-refractivity contribution in [3.63, 3.8) is 0 Å². The lowest BCUT2D eigenvalue weighted by molar-refractivity contribution is -0.135. The average Bonchev–Trinajstić information content (AvgIpc) is 2.40. The fourth-order valence-corrected chi connectivity index (χ4v) is 1.26. The van der Waals surface area contributed by atoms with Gasteiger partial charge in [-0.3, -0.25) is 5.43 Å². The van der Waals surface area contributed by atoms with Crippen LogP contribution in [-0.4, -0.2) is 24.6 Å². The summed E-state index contributed by atoms with van der Waals surface area (Å²) >= 11 is 0. The third-order valence-electron chi connectivity index (χ3n) is 2.10. The molecule has 0 atom stereocenters. The largest absolute Gasteiger partial charge is 0.461 e. The van der Waals surface area contributed by atoms with E-state index in [2.05, 4.69) is 10.5 Å². The Kier molecular flexibility index (Phi) is 6.17. The van der Waals surface area contributed by atoms with Crippen molar-refractivity contribution in [2.24, 2.45) is 5.10 Å². The predicted molar refractivity (Wildman–Crippen MR) is 69.4 cm³/mol. The van der Waals surface area contributed by atoms with Crippen molar-refractivity contribution in [1.82, 2.24) is 0 Å². The highest BCUT2D eigenvalue weighted by Gasteiger charge is 2.12. The molecule has 96 valence electrons. The number of aldehydes is 1. The predicted octanol–water partition coefficient (Wildman–Crippen LogP) is 2.00. The van der Waals surface area contributed by atoms with Gasteiger partial charge in [-0.05, 0) is 19.1 Å². The second kappa shape index (κ2) is 8.00. The molecule has 0 fully saturated rings. The normalized spacial score (nSPS) is 10.8. The van der Waals surface area contributed by atoms with Crippen LogP contribution in [0.25, 0.3) is 0 Å². The first kappa shape index (κ1) is 13.9. The molecule has 5 nitrogen and oxygen atoms in total. The van der Waals surface area contributed by atoms with Gasteiger partial charge in [0.2, 0.25) is 0 Å². The zero-order valence-electron chi connectivity index (χ0n) is 10.3. The molecule has 0 bridgehead atoms. The van der Waals surface area contributed by atoms with Gasteiger partial charge >= 0.3 is 5.97 Å². The molecule has 18 heavy (non-hydrogen) atoms. The number of benzene rings is 1. The Morgan fingerprint density at radius 2 is 2.11 bits per heavy atom. The van der Waals surface area contributed by atoms with Crippen LogP contribution < -0.4 is 5.43 Å². The van der Waals surface area contributed by atoms with Crippen LogP contribution in [0.15, 0.2) is 35.4 Å². The zero-order chi connectivity index (χ0) is 13.2. The van der Waals surface area contributed by atoms with Gasteiger partial charge in [0.25, 0.3) is 0 Å². The first-order valence-corrected chi connectivity index (χ1v) is 5.76. The van der Waals surface area contributed by atoms with Gasteiger partial charge in [0.05, 0.1) is 12.3 Å². The summed E-state index contributed by atoms with van der Waals surface area (Å²) in [6, 6.07) is 9.24. The number of ether oxygens (including phenoxy) is 1. The van der Waals surface area contributed by atoms with Crippen LogP contribution in [-0.2, 0) is 14.3 Å². The number of nitrogens with zero attached hydrogens (tertiary/aromatic N) is 1. The maximum Gasteiger partial charge on any atom is 0.354 e. The number of nitrogens with one attached hydrogen (secondary N) is 1. The van der Waals surface area contributed by atoms with Gasteiger partial charge < -0.3 is 9.53 Å². The molecule has 1 aromatic rings. The SMILES string of the molecule is CCOC(=O)C(CCC=O)=NNc1ccccc1. The van der Waals surface area contributed by atoms with Crippen LogP contribution in [0, 0.1) is 0 Å². The Hall–Kier alpha value is -2.17. The summed E-state index contributed by atoms with van der Waals surface area (Å²) < 4.78 is 4.86. The number of hydrogen-bond donors (Lipinski definition) is 1. The molecule has 0 saturated heterocycles. The van der Waals surface area contributed by atoms with Crippen molar-refractivity contribution in [3.8, 4) is 0 Å². The van der Waals surface area contributed by atoms with E-state index >= 15 is 0 Å². The summed E-state index contributed by atoms with van der Waals surface area (Å²) in [4.78, 5) is 21.9. The molecular formula is C13H16N2O3. The van der Waals surface area contributed by atoms with E-state index in [4.69, 9.17) is 4.74 Å². The maximum absolute atomic E-state index is 11.6. The first-order chi connectivity index (χ1) is 8.77. The molecule has 0 heterocycles. The molecule has 0 spiro atoms. The van der Waals surface area contributed by atoms with Gasteiger partial charge in [-0.2, -0.15) is 5.10 Å². The highest BCUT2D eigenvalue weighted by molar-refractivity contribution is 6.36. The Morgan fingerprint density at radius 1 is 1.39 bits per heavy atom. The van der Waals surface area contributed by atoms with Gasteiger partial charge in [-0.1, -0.05) is 18.2 Å². The molecule has 1 aromatic carbocycles. The molecule has 0 radical (unpaired) electrons. The summed E-state index contributed by atoms with van der Waals surface area (Å²) in [5.74, 6) is -0.497. The number of para-hydroxylation sites is 1. The van der Waals surface area contributed by atoms with Crippen molar-refractivity contribution in [1.29, 1.82) is 0 Å². The molecule has 0 aromatic heterocycles. The third-order valence-corrected chi connectivity index (χ3v) is 2.10. The molecule has 1 rings (SSSR count). The van der Waals surface area contributed by atoms with E-state index in [0.717, 1.165) is 12.0 Å². The Bertz CT molecular complexity index is 416. The number of carbonyl (C=O) groups is 2. The van der Waals surface area contributed by atoms with E-state index in [1.165, 1.54) is 0 Å². The van der Waals surface area contributed by atoms with Crippen LogP contribution in [0.1, 0.15) is 19.8 Å². The van der Waals surface area contributed by atoms with Crippen molar-refractivity contribution in [2.75, 3.05) is 12.0 Å². The van der Waals surface area contributed by atoms with E-state index in [0.29, 0.717) is 0 Å². The minimum absolute atomic E-state index is 0.216. The van der Waals surface area contributed by atoms with Gasteiger partial charge in [-0.15, -0.1) is 0 Å². The van der Waals surface area contributed by atoms with E-state index in [1.807, 2.05) is 30.3 Å². The van der Waals surface area contributed by atoms with Crippen molar-refractivity contribution in [3.05, 3.63) is 30.3 Å². The minimum atomic E-state index is -0.497. The van der Waals surface area contributed by atoms with Gasteiger partial charge in [0, 0.05) is 12.8 Å². The topological polar surface area (TPSA) is 67.8 Å². The summed E-state index contributed by atoms with van der Waals surface area (Å²) in [7, 11) is 0. The summed E-state index contributed by atoms with van der Waals surface area (Å²) in [5, 5.41) is 3.98. The highest BCUT2D eigenvalue weighted by atomic mass is 16.5. The van der Waals surface area contributed by atoms with E-state index in [-0.39, 0.29) is 25.2 Å². The van der Waals surface area contributed by atoms with Crippen molar-refractivity contribution >= 4 is 23.7 Å².